The zero-order valence-corrected chi connectivity index (χ0v) is 19.2. The molecule has 5 aliphatic carbocycles. The average molecular weight is 438 g/mol. The molecule has 3 N–H and O–H groups in total. The van der Waals surface area contributed by atoms with Gasteiger partial charge in [-0.2, -0.15) is 0 Å². The number of methoxy groups -OCH3 is 3. The minimum atomic E-state index is -1.13. The third kappa shape index (κ3) is 2.12. The molecule has 31 heavy (non-hydrogen) atoms. The van der Waals surface area contributed by atoms with Crippen molar-refractivity contribution in [2.24, 2.45) is 40.4 Å². The fourth-order valence-electron chi connectivity index (χ4n) is 10.7. The molecule has 13 atom stereocenters. The number of aliphatic hydroxyl groups excluding tert-OH is 2. The molecule has 9 unspecified atom stereocenters. The number of likely N-dealkylation sites (tertiary alicyclic amines) is 1. The van der Waals surface area contributed by atoms with Gasteiger partial charge in [-0.3, -0.25) is 4.90 Å². The molecular weight excluding hydrogens is 398 g/mol. The smallest absolute Gasteiger partial charge is 0.0796 e. The third-order valence-corrected chi connectivity index (χ3v) is 11.1. The molecule has 1 aliphatic heterocycles. The Kier molecular flexibility index (Phi) is 4.56. The Morgan fingerprint density at radius 2 is 1.84 bits per heavy atom. The lowest BCUT2D eigenvalue weighted by atomic mass is 9.43. The molecule has 6 aliphatic rings. The standard InChI is InChI=1S/C24H39NO6/c1-5-25-10-22(11-29-2)7-6-15(31-4)24-13-8-12-14(30-3)9-23(28,16(13)18(12)26)17(21(24)25)19(27)20(22)24/h12-21,26-28H,5-11H2,1-4H3/t12-,13?,14+,15?,16?,17?,18?,19?,20?,21?,22+,23-,24?/m1/s1. The highest BCUT2D eigenvalue weighted by atomic mass is 16.5. The van der Waals surface area contributed by atoms with Gasteiger partial charge in [0.1, 0.15) is 0 Å². The maximum Gasteiger partial charge on any atom is 0.0796 e. The van der Waals surface area contributed by atoms with Crippen molar-refractivity contribution in [2.75, 3.05) is 41.0 Å². The van der Waals surface area contributed by atoms with Crippen LogP contribution in [0.2, 0.25) is 0 Å². The molecule has 7 nitrogen and oxygen atoms in total. The highest BCUT2D eigenvalue weighted by Gasteiger charge is 2.86. The van der Waals surface area contributed by atoms with Crippen LogP contribution in [0.3, 0.4) is 0 Å². The molecule has 176 valence electrons. The van der Waals surface area contributed by atoms with Gasteiger partial charge in [-0.25, -0.2) is 0 Å². The summed E-state index contributed by atoms with van der Waals surface area (Å²) in [6.45, 7) is 4.57. The van der Waals surface area contributed by atoms with Gasteiger partial charge in [-0.05, 0) is 31.7 Å². The molecule has 0 radical (unpaired) electrons. The van der Waals surface area contributed by atoms with Crippen LogP contribution in [0.25, 0.3) is 0 Å². The average Bonchev–Trinajstić information content (AvgIpc) is 3.14. The van der Waals surface area contributed by atoms with E-state index in [0.717, 1.165) is 32.4 Å². The van der Waals surface area contributed by atoms with E-state index in [4.69, 9.17) is 14.2 Å². The van der Waals surface area contributed by atoms with Crippen molar-refractivity contribution in [3.8, 4) is 0 Å². The number of nitrogens with zero attached hydrogens (tertiary/aromatic N) is 1. The number of aliphatic hydroxyl groups is 3. The summed E-state index contributed by atoms with van der Waals surface area (Å²) in [6.07, 6.45) is 1.86. The molecule has 1 spiro atoms. The number of hydrogen-bond donors (Lipinski definition) is 3. The van der Waals surface area contributed by atoms with Gasteiger partial charge in [0.15, 0.2) is 0 Å². The summed E-state index contributed by atoms with van der Waals surface area (Å²) in [5.74, 6) is -0.366. The molecule has 0 aromatic rings. The SMILES string of the molecule is CCN1C[C@]2(COC)CCC(OC)C34C5C[C@H]6C(O)C5[C@](O)(C[C@@H]6OC)C(C(O)C32)C14. The molecule has 6 fully saturated rings. The second-order valence-electron chi connectivity index (χ2n) is 11.6. The second kappa shape index (κ2) is 6.65. The zero-order valence-electron chi connectivity index (χ0n) is 19.2. The lowest BCUT2D eigenvalue weighted by molar-refractivity contribution is -0.276. The number of hydrogen-bond acceptors (Lipinski definition) is 7. The van der Waals surface area contributed by atoms with Crippen LogP contribution in [0.15, 0.2) is 0 Å². The van der Waals surface area contributed by atoms with E-state index in [-0.39, 0.29) is 58.7 Å². The van der Waals surface area contributed by atoms with E-state index in [1.54, 1.807) is 14.2 Å². The fourth-order valence-corrected chi connectivity index (χ4v) is 10.7. The van der Waals surface area contributed by atoms with E-state index >= 15 is 0 Å². The summed E-state index contributed by atoms with van der Waals surface area (Å²) in [5.41, 5.74) is -1.55. The maximum atomic E-state index is 12.4. The van der Waals surface area contributed by atoms with Crippen LogP contribution in [0.5, 0.6) is 0 Å². The first-order valence-corrected chi connectivity index (χ1v) is 12.2. The van der Waals surface area contributed by atoms with Gasteiger partial charge in [0, 0.05) is 74.8 Å². The van der Waals surface area contributed by atoms with Gasteiger partial charge < -0.3 is 29.5 Å². The monoisotopic (exact) mass is 437 g/mol. The highest BCUT2D eigenvalue weighted by molar-refractivity contribution is 5.35. The van der Waals surface area contributed by atoms with E-state index < -0.39 is 17.8 Å². The van der Waals surface area contributed by atoms with Crippen LogP contribution >= 0.6 is 0 Å². The Morgan fingerprint density at radius 3 is 2.48 bits per heavy atom. The summed E-state index contributed by atoms with van der Waals surface area (Å²) < 4.78 is 17.9. The topological polar surface area (TPSA) is 91.6 Å². The van der Waals surface area contributed by atoms with Crippen molar-refractivity contribution in [3.63, 3.8) is 0 Å². The van der Waals surface area contributed by atoms with Gasteiger partial charge in [-0.1, -0.05) is 6.92 Å². The van der Waals surface area contributed by atoms with Crippen molar-refractivity contribution in [1.82, 2.24) is 4.90 Å². The summed E-state index contributed by atoms with van der Waals surface area (Å²) in [4.78, 5) is 2.52. The summed E-state index contributed by atoms with van der Waals surface area (Å²) in [6, 6.07) is 0.0561. The van der Waals surface area contributed by atoms with Crippen LogP contribution < -0.4 is 0 Å². The molecule has 0 amide bonds. The predicted octanol–water partition coefficient (Wildman–Crippen LogP) is 0.502. The van der Waals surface area contributed by atoms with Crippen molar-refractivity contribution >= 4 is 0 Å². The molecule has 0 aromatic heterocycles. The normalized spacial score (nSPS) is 61.6. The van der Waals surface area contributed by atoms with E-state index in [9.17, 15) is 15.3 Å². The number of fused-ring (bicyclic) bond motifs is 2. The fraction of sp³-hybridized carbons (Fsp3) is 1.00. The number of rotatable bonds is 5. The quantitative estimate of drug-likeness (QED) is 0.577. The Morgan fingerprint density at radius 1 is 1.06 bits per heavy atom. The first kappa shape index (κ1) is 21.3. The summed E-state index contributed by atoms with van der Waals surface area (Å²) >= 11 is 0. The highest BCUT2D eigenvalue weighted by Crippen LogP contribution is 2.79. The van der Waals surface area contributed by atoms with E-state index in [0.29, 0.717) is 13.0 Å². The Labute approximate surface area is 185 Å². The first-order chi connectivity index (χ1) is 14.9. The van der Waals surface area contributed by atoms with E-state index in [1.165, 1.54) is 0 Å². The van der Waals surface area contributed by atoms with Crippen LogP contribution in [0.4, 0.5) is 0 Å². The van der Waals surface area contributed by atoms with Gasteiger partial charge >= 0.3 is 0 Å². The number of piperidine rings is 1. The van der Waals surface area contributed by atoms with Gasteiger partial charge in [0.05, 0.1) is 36.6 Å². The van der Waals surface area contributed by atoms with Gasteiger partial charge in [-0.15, -0.1) is 0 Å². The molecule has 6 rings (SSSR count). The van der Waals surface area contributed by atoms with Gasteiger partial charge in [0.2, 0.25) is 0 Å². The van der Waals surface area contributed by atoms with E-state index in [2.05, 4.69) is 11.8 Å². The third-order valence-electron chi connectivity index (χ3n) is 11.1. The maximum absolute atomic E-state index is 12.4. The molecule has 7 bridgehead atoms. The Bertz CT molecular complexity index is 752. The molecule has 1 saturated heterocycles. The molecule has 1 heterocycles. The first-order valence-electron chi connectivity index (χ1n) is 12.2. The van der Waals surface area contributed by atoms with Crippen molar-refractivity contribution in [2.45, 2.75) is 68.7 Å². The van der Waals surface area contributed by atoms with Crippen LogP contribution in [0.1, 0.15) is 32.6 Å². The minimum absolute atomic E-state index is 0.0167. The second-order valence-corrected chi connectivity index (χ2v) is 11.6. The molecule has 0 aromatic carbocycles. The van der Waals surface area contributed by atoms with Crippen LogP contribution in [-0.2, 0) is 14.2 Å². The molecule has 5 saturated carbocycles. The number of ether oxygens (including phenoxy) is 3. The lowest BCUT2D eigenvalue weighted by Crippen LogP contribution is -2.76. The van der Waals surface area contributed by atoms with Gasteiger partial charge in [0.25, 0.3) is 0 Å². The van der Waals surface area contributed by atoms with Crippen molar-refractivity contribution in [3.05, 3.63) is 0 Å². The minimum Gasteiger partial charge on any atom is -0.392 e. The molecular formula is C24H39NO6. The van der Waals surface area contributed by atoms with Crippen molar-refractivity contribution < 1.29 is 29.5 Å². The predicted molar refractivity (Wildman–Crippen MR) is 112 cm³/mol. The Balaban J connectivity index is 1.62. The Hall–Kier alpha value is -0.280. The summed E-state index contributed by atoms with van der Waals surface area (Å²) in [5, 5.41) is 35.9. The van der Waals surface area contributed by atoms with Crippen molar-refractivity contribution in [1.29, 1.82) is 0 Å². The largest absolute Gasteiger partial charge is 0.392 e. The van der Waals surface area contributed by atoms with Crippen LogP contribution in [-0.4, -0.2) is 97.3 Å². The van der Waals surface area contributed by atoms with Crippen LogP contribution in [0, 0.1) is 40.4 Å². The summed E-state index contributed by atoms with van der Waals surface area (Å²) in [7, 11) is 5.26. The zero-order chi connectivity index (χ0) is 21.9. The lowest BCUT2D eigenvalue weighted by Gasteiger charge is -2.69. The van der Waals surface area contributed by atoms with E-state index in [1.807, 2.05) is 7.11 Å². The molecule has 7 heteroatoms.